The van der Waals surface area contributed by atoms with Gasteiger partial charge in [-0.25, -0.2) is 0 Å². The maximum atomic E-state index is 12.2. The minimum absolute atomic E-state index is 0. The smallest absolute Gasteiger partial charge is 0.379 e. The second-order valence-corrected chi connectivity index (χ2v) is 6.58. The van der Waals surface area contributed by atoms with Crippen LogP contribution in [-0.2, 0) is 0 Å². The van der Waals surface area contributed by atoms with Crippen molar-refractivity contribution >= 4 is 66.0 Å². The van der Waals surface area contributed by atoms with Crippen LogP contribution in [0, 0.1) is 0 Å². The largest absolute Gasteiger partial charge is 1.00 e. The average Bonchev–Trinajstić information content (AvgIpc) is 2.38. The van der Waals surface area contributed by atoms with E-state index < -0.39 is 11.0 Å². The van der Waals surface area contributed by atoms with E-state index in [1.165, 1.54) is 24.3 Å². The van der Waals surface area contributed by atoms with Crippen LogP contribution in [0.4, 0.5) is 0 Å². The van der Waals surface area contributed by atoms with Gasteiger partial charge in [-0.3, -0.25) is 0 Å². The molecule has 2 rings (SSSR count). The van der Waals surface area contributed by atoms with Gasteiger partial charge in [-0.1, -0.05) is 58.5 Å². The molecule has 22 heavy (non-hydrogen) atoms. The summed E-state index contributed by atoms with van der Waals surface area (Å²) >= 11 is 23.8. The van der Waals surface area contributed by atoms with Crippen LogP contribution in [0.3, 0.4) is 0 Å². The van der Waals surface area contributed by atoms with Crippen molar-refractivity contribution in [2.24, 2.45) is 0 Å². The summed E-state index contributed by atoms with van der Waals surface area (Å²) in [7, 11) is -0.124. The molecule has 0 fully saturated rings. The topological polar surface area (TPSA) is 34.1 Å². The Balaban J connectivity index is 0.00000242. The zero-order chi connectivity index (χ0) is 15.6. The fourth-order valence-corrected chi connectivity index (χ4v) is 3.90. The van der Waals surface area contributed by atoms with E-state index in [2.05, 4.69) is 0 Å². The quantitative estimate of drug-likeness (QED) is 0.582. The maximum Gasteiger partial charge on any atom is 1.00 e. The van der Waals surface area contributed by atoms with Gasteiger partial charge in [0.15, 0.2) is 0 Å². The minimum atomic E-state index is -0.508. The van der Waals surface area contributed by atoms with Gasteiger partial charge in [-0.05, 0) is 24.3 Å². The molecule has 0 aliphatic rings. The van der Waals surface area contributed by atoms with Crippen molar-refractivity contribution in [2.75, 3.05) is 0 Å². The molecular formula is C14H6Cl4NaO2P. The van der Waals surface area contributed by atoms with Crippen molar-refractivity contribution in [1.82, 2.24) is 0 Å². The number of rotatable bonds is 4. The molecule has 8 heteroatoms. The molecule has 0 unspecified atom stereocenters. The van der Waals surface area contributed by atoms with Crippen LogP contribution in [0.15, 0.2) is 36.4 Å². The van der Waals surface area contributed by atoms with Gasteiger partial charge in [0.1, 0.15) is 0 Å². The third-order valence-electron chi connectivity index (χ3n) is 2.56. The first-order valence-corrected chi connectivity index (χ1v) is 8.01. The SMILES string of the molecule is O=C([P-]C(=O)c1c(Cl)cccc1Cl)c1c(Cl)cccc1Cl.[Na+]. The summed E-state index contributed by atoms with van der Waals surface area (Å²) < 4.78 is 0. The fourth-order valence-electron chi connectivity index (χ4n) is 1.61. The average molecular weight is 402 g/mol. The zero-order valence-electron chi connectivity index (χ0n) is 11.2. The molecule has 2 aromatic carbocycles. The Morgan fingerprint density at radius 3 is 1.23 bits per heavy atom. The summed E-state index contributed by atoms with van der Waals surface area (Å²) in [4.78, 5) is 24.4. The molecule has 0 spiro atoms. The summed E-state index contributed by atoms with van der Waals surface area (Å²) in [6, 6.07) is 9.36. The van der Waals surface area contributed by atoms with Crippen LogP contribution in [0.1, 0.15) is 20.7 Å². The molecule has 0 N–H and O–H groups in total. The Hall–Kier alpha value is 0.370. The van der Waals surface area contributed by atoms with E-state index in [0.29, 0.717) is 0 Å². The standard InChI is InChI=1S/C14H6Cl4O2P.Na/c15-7-3-1-4-8(16)11(7)13(19)21-14(20)12-9(17)5-2-6-10(12)18;/h1-6H;/q-1;+1. The number of benzene rings is 2. The van der Waals surface area contributed by atoms with Crippen molar-refractivity contribution in [1.29, 1.82) is 0 Å². The third kappa shape index (κ3) is 4.69. The van der Waals surface area contributed by atoms with Gasteiger partial charge >= 0.3 is 29.6 Å². The Kier molecular flexibility index (Phi) is 8.36. The normalized spacial score (nSPS) is 10.0. The monoisotopic (exact) mass is 400 g/mol. The van der Waals surface area contributed by atoms with Gasteiger partial charge in [0.2, 0.25) is 0 Å². The Bertz CT molecular complexity index is 635. The molecule has 2 aromatic rings. The van der Waals surface area contributed by atoms with Gasteiger partial charge < -0.3 is 18.2 Å². The maximum absolute atomic E-state index is 12.2. The predicted octanol–water partition coefficient (Wildman–Crippen LogP) is 3.23. The molecule has 0 saturated carbocycles. The van der Waals surface area contributed by atoms with Crippen molar-refractivity contribution < 1.29 is 39.1 Å². The van der Waals surface area contributed by atoms with Crippen molar-refractivity contribution in [3.05, 3.63) is 67.6 Å². The van der Waals surface area contributed by atoms with Crippen LogP contribution in [0.5, 0.6) is 0 Å². The third-order valence-corrected chi connectivity index (χ3v) is 4.67. The number of hydrogen-bond acceptors (Lipinski definition) is 2. The molecular weight excluding hydrogens is 396 g/mol. The van der Waals surface area contributed by atoms with Crippen LogP contribution < -0.4 is 29.6 Å². The molecule has 2 nitrogen and oxygen atoms in total. The number of hydrogen-bond donors (Lipinski definition) is 0. The second-order valence-electron chi connectivity index (χ2n) is 3.92. The molecule has 0 atom stereocenters. The first-order valence-electron chi connectivity index (χ1n) is 5.60. The Morgan fingerprint density at radius 1 is 0.682 bits per heavy atom. The summed E-state index contributed by atoms with van der Waals surface area (Å²) in [6.45, 7) is 0. The molecule has 0 radical (unpaired) electrons. The number of carbonyl (C=O) groups is 2. The van der Waals surface area contributed by atoms with Crippen LogP contribution in [-0.4, -0.2) is 11.0 Å². The summed E-state index contributed by atoms with van der Waals surface area (Å²) in [5.74, 6) is 0. The van der Waals surface area contributed by atoms with Crippen molar-refractivity contribution in [2.45, 2.75) is 0 Å². The van der Waals surface area contributed by atoms with Crippen molar-refractivity contribution in [3.63, 3.8) is 0 Å². The van der Waals surface area contributed by atoms with E-state index >= 15 is 0 Å². The van der Waals surface area contributed by atoms with E-state index in [1.807, 2.05) is 0 Å². The number of carbonyl (C=O) groups excluding carboxylic acids is 2. The molecule has 0 heterocycles. The van der Waals surface area contributed by atoms with E-state index in [4.69, 9.17) is 46.4 Å². The van der Waals surface area contributed by atoms with Gasteiger partial charge in [-0.2, -0.15) is 0 Å². The van der Waals surface area contributed by atoms with Crippen LogP contribution in [0.2, 0.25) is 20.1 Å². The van der Waals surface area contributed by atoms with Gasteiger partial charge in [-0.15, -0.1) is 0 Å². The molecule has 0 bridgehead atoms. The van der Waals surface area contributed by atoms with Gasteiger partial charge in [0, 0.05) is 22.2 Å². The Morgan fingerprint density at radius 2 is 0.955 bits per heavy atom. The first kappa shape index (κ1) is 20.4. The molecule has 0 amide bonds. The molecule has 0 aliphatic heterocycles. The molecule has 0 saturated heterocycles. The molecule has 0 aromatic heterocycles. The fraction of sp³-hybridized carbons (Fsp3) is 0. The minimum Gasteiger partial charge on any atom is -0.379 e. The number of halogens is 4. The van der Waals surface area contributed by atoms with E-state index in [0.717, 1.165) is 0 Å². The Labute approximate surface area is 171 Å². The predicted molar refractivity (Wildman–Crippen MR) is 88.5 cm³/mol. The van der Waals surface area contributed by atoms with E-state index in [9.17, 15) is 9.59 Å². The van der Waals surface area contributed by atoms with Gasteiger partial charge in [0.25, 0.3) is 0 Å². The molecule has 108 valence electrons. The van der Waals surface area contributed by atoms with Crippen molar-refractivity contribution in [3.8, 4) is 0 Å². The van der Waals surface area contributed by atoms with Crippen LogP contribution in [0.25, 0.3) is 0 Å². The second kappa shape index (κ2) is 9.01. The van der Waals surface area contributed by atoms with Gasteiger partial charge in [0.05, 0.1) is 20.1 Å². The summed E-state index contributed by atoms with van der Waals surface area (Å²) in [6.07, 6.45) is 0. The van der Waals surface area contributed by atoms with E-state index in [-0.39, 0.29) is 69.4 Å². The summed E-state index contributed by atoms with van der Waals surface area (Å²) in [5, 5.41) is 0.771. The van der Waals surface area contributed by atoms with E-state index in [1.54, 1.807) is 12.1 Å². The summed E-state index contributed by atoms with van der Waals surface area (Å²) in [5.41, 5.74) is -0.795. The zero-order valence-corrected chi connectivity index (χ0v) is 17.2. The first-order chi connectivity index (χ1) is 9.91. The molecule has 0 aliphatic carbocycles. The van der Waals surface area contributed by atoms with Crippen LogP contribution >= 0.6 is 55.0 Å².